The minimum atomic E-state index is -1.12. The molecule has 1 amide bonds. The van der Waals surface area contributed by atoms with Crippen molar-refractivity contribution in [2.45, 2.75) is 19.9 Å². The molecule has 2 rings (SSSR count). The summed E-state index contributed by atoms with van der Waals surface area (Å²) in [6.07, 6.45) is 0. The van der Waals surface area contributed by atoms with Gasteiger partial charge in [-0.2, -0.15) is 0 Å². The fourth-order valence-corrected chi connectivity index (χ4v) is 2.49. The monoisotopic (exact) mass is 391 g/mol. The lowest BCUT2D eigenvalue weighted by Gasteiger charge is -2.16. The number of methoxy groups -OCH3 is 1. The van der Waals surface area contributed by atoms with Crippen LogP contribution in [0, 0.1) is 5.82 Å². The molecule has 0 aromatic heterocycles. The van der Waals surface area contributed by atoms with Crippen molar-refractivity contribution >= 4 is 11.9 Å². The van der Waals surface area contributed by atoms with Crippen LogP contribution in [0.25, 0.3) is 0 Å². The van der Waals surface area contributed by atoms with Gasteiger partial charge < -0.3 is 24.6 Å². The normalized spacial score (nSPS) is 11.4. The molecular weight excluding hydrogens is 369 g/mol. The predicted octanol–water partition coefficient (Wildman–Crippen LogP) is 3.19. The molecule has 0 radical (unpaired) electrons. The maximum Gasteiger partial charge on any atom is 0.341 e. The molecule has 0 heterocycles. The van der Waals surface area contributed by atoms with E-state index in [0.29, 0.717) is 17.7 Å². The molecule has 28 heavy (non-hydrogen) atoms. The third kappa shape index (κ3) is 5.35. The molecule has 0 aliphatic heterocycles. The van der Waals surface area contributed by atoms with Gasteiger partial charge >= 0.3 is 5.97 Å². The highest BCUT2D eigenvalue weighted by atomic mass is 19.1. The Morgan fingerprint density at radius 1 is 1.11 bits per heavy atom. The first-order valence-corrected chi connectivity index (χ1v) is 8.61. The van der Waals surface area contributed by atoms with Crippen LogP contribution in [-0.4, -0.2) is 37.3 Å². The summed E-state index contributed by atoms with van der Waals surface area (Å²) in [7, 11) is 1.38. The Kier molecular flexibility index (Phi) is 7.20. The average Bonchev–Trinajstić information content (AvgIpc) is 2.66. The summed E-state index contributed by atoms with van der Waals surface area (Å²) in [6.45, 7) is 3.28. The lowest BCUT2D eigenvalue weighted by atomic mass is 10.1. The molecule has 1 atom stereocenters. The fraction of sp³-hybridized carbons (Fsp3) is 0.300. The molecule has 0 saturated heterocycles. The van der Waals surface area contributed by atoms with Crippen molar-refractivity contribution in [1.82, 2.24) is 5.32 Å². The number of carboxylic acids is 1. The number of carbonyl (C=O) groups is 2. The quantitative estimate of drug-likeness (QED) is 0.682. The number of benzene rings is 2. The molecule has 1 unspecified atom stereocenters. The number of rotatable bonds is 9. The zero-order valence-corrected chi connectivity index (χ0v) is 15.8. The van der Waals surface area contributed by atoms with Gasteiger partial charge in [0.1, 0.15) is 0 Å². The average molecular weight is 391 g/mol. The highest BCUT2D eigenvalue weighted by Gasteiger charge is 2.16. The van der Waals surface area contributed by atoms with Crippen molar-refractivity contribution in [3.8, 4) is 17.2 Å². The van der Waals surface area contributed by atoms with Crippen LogP contribution in [0.2, 0.25) is 0 Å². The van der Waals surface area contributed by atoms with Crippen molar-refractivity contribution in [1.29, 1.82) is 0 Å². The van der Waals surface area contributed by atoms with Crippen LogP contribution in [-0.2, 0) is 4.79 Å². The minimum Gasteiger partial charge on any atom is -0.494 e. The second kappa shape index (κ2) is 9.59. The van der Waals surface area contributed by atoms with Crippen LogP contribution in [0.1, 0.15) is 35.8 Å². The first-order valence-electron chi connectivity index (χ1n) is 8.61. The van der Waals surface area contributed by atoms with Gasteiger partial charge in [0.15, 0.2) is 29.7 Å². The number of hydrogen-bond donors (Lipinski definition) is 2. The predicted molar refractivity (Wildman–Crippen MR) is 99.6 cm³/mol. The van der Waals surface area contributed by atoms with Gasteiger partial charge in [0.25, 0.3) is 5.91 Å². The lowest BCUT2D eigenvalue weighted by Crippen LogP contribution is -2.26. The van der Waals surface area contributed by atoms with E-state index in [0.717, 1.165) is 0 Å². The summed E-state index contributed by atoms with van der Waals surface area (Å²) in [5, 5.41) is 11.5. The Labute approximate surface area is 162 Å². The summed E-state index contributed by atoms with van der Waals surface area (Å²) in [5.41, 5.74) is 0.880. The van der Waals surface area contributed by atoms with Crippen molar-refractivity contribution in [2.24, 2.45) is 0 Å². The van der Waals surface area contributed by atoms with Crippen LogP contribution in [0.5, 0.6) is 17.2 Å². The van der Waals surface area contributed by atoms with E-state index in [1.165, 1.54) is 37.4 Å². The van der Waals surface area contributed by atoms with E-state index in [9.17, 15) is 14.0 Å². The van der Waals surface area contributed by atoms with Gasteiger partial charge in [-0.05, 0) is 49.7 Å². The minimum absolute atomic E-state index is 0.126. The number of halogens is 1. The van der Waals surface area contributed by atoms with Gasteiger partial charge in [0, 0.05) is 5.56 Å². The van der Waals surface area contributed by atoms with Gasteiger partial charge in [0.2, 0.25) is 0 Å². The van der Waals surface area contributed by atoms with E-state index in [1.54, 1.807) is 19.9 Å². The molecule has 0 fully saturated rings. The van der Waals surface area contributed by atoms with E-state index in [2.05, 4.69) is 5.32 Å². The molecule has 0 aliphatic carbocycles. The molecular formula is C20H22FNO6. The van der Waals surface area contributed by atoms with Crippen molar-refractivity contribution < 1.29 is 33.3 Å². The van der Waals surface area contributed by atoms with E-state index >= 15 is 0 Å². The Morgan fingerprint density at radius 3 is 2.43 bits per heavy atom. The zero-order chi connectivity index (χ0) is 20.7. The second-order valence-corrected chi connectivity index (χ2v) is 5.87. The van der Waals surface area contributed by atoms with E-state index in [1.807, 2.05) is 0 Å². The maximum atomic E-state index is 13.9. The van der Waals surface area contributed by atoms with E-state index in [4.69, 9.17) is 19.3 Å². The van der Waals surface area contributed by atoms with Crippen LogP contribution >= 0.6 is 0 Å². The Bertz CT molecular complexity index is 855. The Balaban J connectivity index is 2.15. The summed E-state index contributed by atoms with van der Waals surface area (Å²) in [5.74, 6) is -1.41. The number of amides is 1. The Morgan fingerprint density at radius 2 is 1.82 bits per heavy atom. The second-order valence-electron chi connectivity index (χ2n) is 5.87. The number of carbonyl (C=O) groups excluding carboxylic acids is 1. The first kappa shape index (κ1) is 21.0. The van der Waals surface area contributed by atoms with Gasteiger partial charge in [-0.15, -0.1) is 0 Å². The summed E-state index contributed by atoms with van der Waals surface area (Å²) < 4.78 is 29.4. The van der Waals surface area contributed by atoms with Gasteiger partial charge in [-0.25, -0.2) is 9.18 Å². The summed E-state index contributed by atoms with van der Waals surface area (Å²) >= 11 is 0. The third-order valence-electron chi connectivity index (χ3n) is 3.88. The number of ether oxygens (including phenoxy) is 3. The van der Waals surface area contributed by atoms with E-state index < -0.39 is 30.3 Å². The fourth-order valence-electron chi connectivity index (χ4n) is 2.49. The van der Waals surface area contributed by atoms with E-state index in [-0.39, 0.29) is 17.2 Å². The highest BCUT2D eigenvalue weighted by molar-refractivity contribution is 5.95. The highest BCUT2D eigenvalue weighted by Crippen LogP contribution is 2.29. The third-order valence-corrected chi connectivity index (χ3v) is 3.88. The standard InChI is InChI=1S/C20H22FNO6/c1-4-27-18-10-14(6-8-17(18)28-11-19(23)24)20(25)22-12(2)13-5-7-16(26-3)15(21)9-13/h5-10,12H,4,11H2,1-3H3,(H,22,25)(H,23,24). The van der Waals surface area contributed by atoms with Gasteiger partial charge in [0.05, 0.1) is 19.8 Å². The number of aliphatic carboxylic acids is 1. The number of carboxylic acid groups (broad SMARTS) is 1. The maximum absolute atomic E-state index is 13.9. The SMILES string of the molecule is CCOc1cc(C(=O)NC(C)c2ccc(OC)c(F)c2)ccc1OCC(=O)O. The van der Waals surface area contributed by atoms with Crippen molar-refractivity contribution in [3.63, 3.8) is 0 Å². The zero-order valence-electron chi connectivity index (χ0n) is 15.8. The topological polar surface area (TPSA) is 94.1 Å². The molecule has 0 spiro atoms. The van der Waals surface area contributed by atoms with Gasteiger partial charge in [-0.1, -0.05) is 6.07 Å². The molecule has 2 aromatic rings. The summed E-state index contributed by atoms with van der Waals surface area (Å²) in [6, 6.07) is 8.45. The lowest BCUT2D eigenvalue weighted by molar-refractivity contribution is -0.139. The smallest absolute Gasteiger partial charge is 0.341 e. The molecule has 0 bridgehead atoms. The molecule has 0 saturated carbocycles. The summed E-state index contributed by atoms with van der Waals surface area (Å²) in [4.78, 5) is 23.2. The first-order chi connectivity index (χ1) is 13.3. The molecule has 7 nitrogen and oxygen atoms in total. The number of hydrogen-bond acceptors (Lipinski definition) is 5. The van der Waals surface area contributed by atoms with Crippen LogP contribution < -0.4 is 19.5 Å². The molecule has 8 heteroatoms. The largest absolute Gasteiger partial charge is 0.494 e. The Hall–Kier alpha value is -3.29. The molecule has 150 valence electrons. The molecule has 2 aromatic carbocycles. The molecule has 2 N–H and O–H groups in total. The van der Waals surface area contributed by atoms with Crippen LogP contribution in [0.3, 0.4) is 0 Å². The van der Waals surface area contributed by atoms with Gasteiger partial charge in [-0.3, -0.25) is 4.79 Å². The molecule has 0 aliphatic rings. The van der Waals surface area contributed by atoms with Crippen LogP contribution in [0.4, 0.5) is 4.39 Å². The van der Waals surface area contributed by atoms with Crippen molar-refractivity contribution in [2.75, 3.05) is 20.3 Å². The number of nitrogens with one attached hydrogen (secondary N) is 1. The van der Waals surface area contributed by atoms with Crippen molar-refractivity contribution in [3.05, 3.63) is 53.3 Å². The van der Waals surface area contributed by atoms with Crippen LogP contribution in [0.15, 0.2) is 36.4 Å².